The van der Waals surface area contributed by atoms with E-state index in [1.807, 2.05) is 26.2 Å². The highest BCUT2D eigenvalue weighted by atomic mass is 16.2. The van der Waals surface area contributed by atoms with Crippen molar-refractivity contribution in [2.24, 2.45) is 0 Å². The molecule has 0 radical (unpaired) electrons. The average molecular weight is 157 g/mol. The number of hydrogen-bond donors (Lipinski definition) is 1. The van der Waals surface area contributed by atoms with Crippen LogP contribution < -0.4 is 5.43 Å². The van der Waals surface area contributed by atoms with E-state index in [1.165, 1.54) is 0 Å². The molecule has 64 valence electrons. The molecule has 0 bridgehead atoms. The van der Waals surface area contributed by atoms with Gasteiger partial charge in [0.05, 0.1) is 0 Å². The van der Waals surface area contributed by atoms with Crippen LogP contribution in [0.1, 0.15) is 6.42 Å². The molecule has 0 saturated carbocycles. The van der Waals surface area contributed by atoms with Crippen LogP contribution in [0.25, 0.3) is 0 Å². The summed E-state index contributed by atoms with van der Waals surface area (Å²) in [6.45, 7) is 0.865. The summed E-state index contributed by atoms with van der Waals surface area (Å²) in [6.07, 6.45) is 0.910. The predicted octanol–water partition coefficient (Wildman–Crippen LogP) is -0.717. The molecule has 1 amide bonds. The number of likely N-dealkylation sites (tertiary alicyclic amines) is 1. The molecule has 11 heavy (non-hydrogen) atoms. The zero-order valence-corrected chi connectivity index (χ0v) is 7.29. The van der Waals surface area contributed by atoms with Crippen molar-refractivity contribution in [1.29, 1.82) is 0 Å². The first-order valence-electron chi connectivity index (χ1n) is 3.79. The third kappa shape index (κ3) is 1.91. The summed E-state index contributed by atoms with van der Waals surface area (Å²) in [5, 5.41) is 1.82. The van der Waals surface area contributed by atoms with Crippen molar-refractivity contribution >= 4 is 5.91 Å². The number of carbonyl (C=O) groups excluding carboxylic acids is 1. The van der Waals surface area contributed by atoms with Gasteiger partial charge < -0.3 is 4.90 Å². The van der Waals surface area contributed by atoms with E-state index < -0.39 is 0 Å². The fraction of sp³-hybridized carbons (Fsp3) is 0.857. The molecule has 1 heterocycles. The summed E-state index contributed by atoms with van der Waals surface area (Å²) in [5.74, 6) is 0.193. The average Bonchev–Trinajstić information content (AvgIpc) is 2.18. The third-order valence-corrected chi connectivity index (χ3v) is 1.84. The molecule has 0 aromatic carbocycles. The summed E-state index contributed by atoms with van der Waals surface area (Å²) >= 11 is 0. The minimum absolute atomic E-state index is 0.00463. The maximum absolute atomic E-state index is 11.3. The Hall–Kier alpha value is -0.610. The van der Waals surface area contributed by atoms with Gasteiger partial charge in [-0.2, -0.15) is 0 Å². The van der Waals surface area contributed by atoms with Crippen molar-refractivity contribution in [1.82, 2.24) is 15.3 Å². The Morgan fingerprint density at radius 2 is 2.27 bits per heavy atom. The number of nitrogens with zero attached hydrogens (tertiary/aromatic N) is 2. The van der Waals surface area contributed by atoms with Gasteiger partial charge in [-0.15, -0.1) is 0 Å². The van der Waals surface area contributed by atoms with Crippen LogP contribution in [0, 0.1) is 0 Å². The molecule has 1 aliphatic rings. The van der Waals surface area contributed by atoms with E-state index in [0.717, 1.165) is 13.0 Å². The highest BCUT2D eigenvalue weighted by Gasteiger charge is 2.28. The maximum Gasteiger partial charge on any atom is 0.240 e. The second-order valence-electron chi connectivity index (χ2n) is 3.12. The number of amides is 1. The quantitative estimate of drug-likeness (QED) is 0.537. The fourth-order valence-corrected chi connectivity index (χ4v) is 1.25. The molecule has 0 aromatic heterocycles. The molecule has 4 nitrogen and oxygen atoms in total. The van der Waals surface area contributed by atoms with Crippen molar-refractivity contribution in [3.63, 3.8) is 0 Å². The molecule has 1 aliphatic heterocycles. The highest BCUT2D eigenvalue weighted by Crippen LogP contribution is 2.07. The van der Waals surface area contributed by atoms with E-state index >= 15 is 0 Å². The van der Waals surface area contributed by atoms with Crippen LogP contribution in [-0.2, 0) is 4.79 Å². The van der Waals surface area contributed by atoms with E-state index in [-0.39, 0.29) is 11.9 Å². The zero-order valence-electron chi connectivity index (χ0n) is 7.29. The van der Waals surface area contributed by atoms with E-state index in [2.05, 4.69) is 5.43 Å². The van der Waals surface area contributed by atoms with Crippen LogP contribution in [0.4, 0.5) is 0 Å². The van der Waals surface area contributed by atoms with Crippen molar-refractivity contribution in [3.8, 4) is 0 Å². The normalized spacial score (nSPS) is 25.3. The van der Waals surface area contributed by atoms with E-state index in [0.29, 0.717) is 0 Å². The second kappa shape index (κ2) is 3.19. The van der Waals surface area contributed by atoms with Crippen LogP contribution in [0.2, 0.25) is 0 Å². The number of nitrogens with one attached hydrogen (secondary N) is 1. The minimum atomic E-state index is -0.00463. The summed E-state index contributed by atoms with van der Waals surface area (Å²) in [6, 6.07) is -0.00463. The lowest BCUT2D eigenvalue weighted by Crippen LogP contribution is -2.44. The van der Waals surface area contributed by atoms with Gasteiger partial charge in [-0.3, -0.25) is 4.79 Å². The van der Waals surface area contributed by atoms with Crippen LogP contribution >= 0.6 is 0 Å². The second-order valence-corrected chi connectivity index (χ2v) is 3.12. The number of likely N-dealkylation sites (N-methyl/N-ethyl adjacent to an activating group) is 1. The monoisotopic (exact) mass is 157 g/mol. The van der Waals surface area contributed by atoms with Crippen molar-refractivity contribution in [2.75, 3.05) is 27.7 Å². The van der Waals surface area contributed by atoms with Gasteiger partial charge >= 0.3 is 0 Å². The molecule has 1 saturated heterocycles. The Labute approximate surface area is 67.1 Å². The largest absolute Gasteiger partial charge is 0.344 e. The summed E-state index contributed by atoms with van der Waals surface area (Å²) in [5.41, 5.74) is 3.06. The minimum Gasteiger partial charge on any atom is -0.344 e. The molecule has 0 aromatic rings. The number of hydrazine groups is 1. The summed E-state index contributed by atoms with van der Waals surface area (Å²) in [7, 11) is 5.62. The van der Waals surface area contributed by atoms with E-state index in [4.69, 9.17) is 0 Å². The molecule has 0 aliphatic carbocycles. The molecular formula is C7H15N3O. The van der Waals surface area contributed by atoms with E-state index in [1.54, 1.807) is 4.90 Å². The SMILES string of the molecule is CN(C)NC1CCN(C)C1=O. The fourth-order valence-electron chi connectivity index (χ4n) is 1.25. The molecular weight excluding hydrogens is 142 g/mol. The van der Waals surface area contributed by atoms with Gasteiger partial charge in [0.15, 0.2) is 0 Å². The summed E-state index contributed by atoms with van der Waals surface area (Å²) in [4.78, 5) is 13.0. The first-order chi connectivity index (χ1) is 5.11. The molecule has 1 rings (SSSR count). The lowest BCUT2D eigenvalue weighted by molar-refractivity contribution is -0.129. The van der Waals surface area contributed by atoms with Gasteiger partial charge in [-0.05, 0) is 6.42 Å². The van der Waals surface area contributed by atoms with Crippen molar-refractivity contribution in [2.45, 2.75) is 12.5 Å². The topological polar surface area (TPSA) is 35.6 Å². The predicted molar refractivity (Wildman–Crippen MR) is 42.9 cm³/mol. The van der Waals surface area contributed by atoms with Crippen LogP contribution in [-0.4, -0.2) is 49.5 Å². The lowest BCUT2D eigenvalue weighted by atomic mass is 10.3. The molecule has 0 spiro atoms. The first kappa shape index (κ1) is 8.49. The number of carbonyl (C=O) groups is 1. The molecule has 4 heteroatoms. The molecule has 1 fully saturated rings. The number of hydrogen-bond acceptors (Lipinski definition) is 3. The van der Waals surface area contributed by atoms with Gasteiger partial charge in [0, 0.05) is 27.7 Å². The first-order valence-corrected chi connectivity index (χ1v) is 3.79. The van der Waals surface area contributed by atoms with Gasteiger partial charge in [0.1, 0.15) is 6.04 Å². The van der Waals surface area contributed by atoms with Crippen molar-refractivity contribution in [3.05, 3.63) is 0 Å². The maximum atomic E-state index is 11.3. The van der Waals surface area contributed by atoms with Crippen LogP contribution in [0.15, 0.2) is 0 Å². The highest BCUT2D eigenvalue weighted by molar-refractivity contribution is 5.83. The third-order valence-electron chi connectivity index (χ3n) is 1.84. The Bertz CT molecular complexity index is 158. The summed E-state index contributed by atoms with van der Waals surface area (Å²) < 4.78 is 0. The molecule has 1 unspecified atom stereocenters. The van der Waals surface area contributed by atoms with Gasteiger partial charge in [-0.1, -0.05) is 0 Å². The standard InChI is InChI=1S/C7H15N3O/c1-9(2)8-6-4-5-10(3)7(6)11/h6,8H,4-5H2,1-3H3. The van der Waals surface area contributed by atoms with Crippen LogP contribution in [0.3, 0.4) is 0 Å². The van der Waals surface area contributed by atoms with Crippen molar-refractivity contribution < 1.29 is 4.79 Å². The van der Waals surface area contributed by atoms with E-state index in [9.17, 15) is 4.79 Å². The van der Waals surface area contributed by atoms with Gasteiger partial charge in [-0.25, -0.2) is 10.4 Å². The number of rotatable bonds is 2. The Kier molecular flexibility index (Phi) is 2.46. The smallest absolute Gasteiger partial charge is 0.240 e. The molecule has 1 N–H and O–H groups in total. The Morgan fingerprint density at radius 3 is 2.64 bits per heavy atom. The Balaban J connectivity index is 2.42. The Morgan fingerprint density at radius 1 is 1.64 bits per heavy atom. The van der Waals surface area contributed by atoms with Gasteiger partial charge in [0.25, 0.3) is 0 Å². The van der Waals surface area contributed by atoms with Crippen LogP contribution in [0.5, 0.6) is 0 Å². The zero-order chi connectivity index (χ0) is 8.43. The van der Waals surface area contributed by atoms with Gasteiger partial charge in [0.2, 0.25) is 5.91 Å². The lowest BCUT2D eigenvalue weighted by Gasteiger charge is -2.17. The molecule has 1 atom stereocenters.